The Morgan fingerprint density at radius 3 is 2.55 bits per heavy atom. The van der Waals surface area contributed by atoms with Crippen molar-refractivity contribution in [1.82, 2.24) is 0 Å². The van der Waals surface area contributed by atoms with E-state index in [0.29, 0.717) is 24.3 Å². The molecule has 4 rings (SSSR count). The second kappa shape index (κ2) is 8.31. The number of rotatable bonds is 5. The van der Waals surface area contributed by atoms with Gasteiger partial charge in [-0.1, -0.05) is 35.2 Å². The lowest BCUT2D eigenvalue weighted by atomic mass is 9.61. The predicted molar refractivity (Wildman–Crippen MR) is 115 cm³/mol. The lowest BCUT2D eigenvalue weighted by molar-refractivity contribution is -0.152. The summed E-state index contributed by atoms with van der Waals surface area (Å²) in [5, 5.41) is 0. The van der Waals surface area contributed by atoms with E-state index >= 15 is 0 Å². The molecule has 4 nitrogen and oxygen atoms in total. The Bertz CT molecular complexity index is 913. The van der Waals surface area contributed by atoms with E-state index in [4.69, 9.17) is 9.47 Å². The number of halogens is 1. The number of fused-ring (bicyclic) bond motifs is 1. The van der Waals surface area contributed by atoms with Crippen molar-refractivity contribution in [2.45, 2.75) is 51.4 Å². The lowest BCUT2D eigenvalue weighted by Gasteiger charge is -2.44. The van der Waals surface area contributed by atoms with Crippen molar-refractivity contribution in [3.8, 4) is 11.5 Å². The van der Waals surface area contributed by atoms with Gasteiger partial charge < -0.3 is 9.47 Å². The van der Waals surface area contributed by atoms with Gasteiger partial charge in [-0.05, 0) is 62.2 Å². The van der Waals surface area contributed by atoms with Crippen LogP contribution in [0, 0.1) is 5.41 Å². The molecule has 1 fully saturated rings. The Morgan fingerprint density at radius 2 is 1.86 bits per heavy atom. The largest absolute Gasteiger partial charge is 0.494 e. The third kappa shape index (κ3) is 3.85. The molecule has 1 aliphatic carbocycles. The van der Waals surface area contributed by atoms with Crippen molar-refractivity contribution in [3.63, 3.8) is 0 Å². The minimum absolute atomic E-state index is 0.0450. The van der Waals surface area contributed by atoms with Gasteiger partial charge in [0.05, 0.1) is 12.0 Å². The van der Waals surface area contributed by atoms with Crippen molar-refractivity contribution in [2.75, 3.05) is 6.61 Å². The predicted octanol–water partition coefficient (Wildman–Crippen LogP) is 6.07. The molecule has 0 bridgehead atoms. The fourth-order valence-electron chi connectivity index (χ4n) is 4.77. The van der Waals surface area contributed by atoms with Gasteiger partial charge in [-0.3, -0.25) is 9.59 Å². The van der Waals surface area contributed by atoms with Gasteiger partial charge in [-0.15, -0.1) is 0 Å². The van der Waals surface area contributed by atoms with Gasteiger partial charge in [-0.2, -0.15) is 0 Å². The minimum Gasteiger partial charge on any atom is -0.494 e. The summed E-state index contributed by atoms with van der Waals surface area (Å²) in [4.78, 5) is 26.3. The van der Waals surface area contributed by atoms with Crippen molar-refractivity contribution in [3.05, 3.63) is 58.1 Å². The van der Waals surface area contributed by atoms with Crippen molar-refractivity contribution < 1.29 is 19.1 Å². The molecule has 1 heterocycles. The zero-order chi connectivity index (χ0) is 20.4. The molecule has 1 atom stereocenters. The molecule has 0 aromatic heterocycles. The average molecular weight is 457 g/mol. The highest BCUT2D eigenvalue weighted by atomic mass is 79.9. The summed E-state index contributed by atoms with van der Waals surface area (Å²) >= 11 is 3.54. The summed E-state index contributed by atoms with van der Waals surface area (Å²) < 4.78 is 12.2. The molecular weight excluding hydrogens is 432 g/mol. The van der Waals surface area contributed by atoms with Crippen LogP contribution in [0.15, 0.2) is 46.9 Å². The summed E-state index contributed by atoms with van der Waals surface area (Å²) in [5.41, 5.74) is 1.00. The minimum atomic E-state index is -0.604. The van der Waals surface area contributed by atoms with E-state index in [1.54, 1.807) is 0 Å². The first-order valence-corrected chi connectivity index (χ1v) is 11.1. The van der Waals surface area contributed by atoms with Crippen molar-refractivity contribution in [2.24, 2.45) is 5.41 Å². The Labute approximate surface area is 179 Å². The van der Waals surface area contributed by atoms with Crippen LogP contribution in [0.2, 0.25) is 0 Å². The van der Waals surface area contributed by atoms with Crippen LogP contribution >= 0.6 is 15.9 Å². The third-order valence-corrected chi connectivity index (χ3v) is 6.74. The molecule has 2 aromatic rings. The molecule has 0 N–H and O–H groups in total. The second-order valence-corrected chi connectivity index (χ2v) is 8.84. The van der Waals surface area contributed by atoms with Gasteiger partial charge in [0, 0.05) is 27.9 Å². The maximum Gasteiger partial charge on any atom is 0.318 e. The van der Waals surface area contributed by atoms with E-state index in [2.05, 4.69) is 15.9 Å². The molecule has 29 heavy (non-hydrogen) atoms. The van der Waals surface area contributed by atoms with Gasteiger partial charge in [0.15, 0.2) is 5.78 Å². The van der Waals surface area contributed by atoms with Crippen molar-refractivity contribution >= 4 is 27.7 Å². The van der Waals surface area contributed by atoms with Crippen LogP contribution in [0.1, 0.15) is 67.3 Å². The number of Topliss-reactive ketones (excluding diaryl/α,β-unsaturated/α-hetero) is 1. The number of benzene rings is 2. The van der Waals surface area contributed by atoms with E-state index < -0.39 is 5.41 Å². The first-order valence-electron chi connectivity index (χ1n) is 10.3. The molecule has 1 unspecified atom stereocenters. The van der Waals surface area contributed by atoms with Crippen LogP contribution in [-0.2, 0) is 4.79 Å². The first-order chi connectivity index (χ1) is 14.0. The number of hydrogen-bond acceptors (Lipinski definition) is 4. The molecule has 2 aliphatic rings. The van der Waals surface area contributed by atoms with Gasteiger partial charge in [0.1, 0.15) is 11.5 Å². The Kier molecular flexibility index (Phi) is 5.77. The fraction of sp³-hybridized carbons (Fsp3) is 0.417. The first kappa shape index (κ1) is 20.1. The van der Waals surface area contributed by atoms with E-state index in [-0.39, 0.29) is 17.7 Å². The summed E-state index contributed by atoms with van der Waals surface area (Å²) in [6, 6.07) is 13.0. The maximum atomic E-state index is 13.2. The van der Waals surface area contributed by atoms with Crippen LogP contribution < -0.4 is 9.47 Å². The monoisotopic (exact) mass is 456 g/mol. The summed E-state index contributed by atoms with van der Waals surface area (Å²) in [7, 11) is 0. The highest BCUT2D eigenvalue weighted by Crippen LogP contribution is 2.55. The van der Waals surface area contributed by atoms with Crippen LogP contribution in [0.3, 0.4) is 0 Å². The number of hydrogen-bond donors (Lipinski definition) is 0. The van der Waals surface area contributed by atoms with Gasteiger partial charge in [0.25, 0.3) is 0 Å². The highest BCUT2D eigenvalue weighted by molar-refractivity contribution is 9.10. The van der Waals surface area contributed by atoms with E-state index in [9.17, 15) is 9.59 Å². The number of ketones is 1. The molecule has 5 heteroatoms. The third-order valence-electron chi connectivity index (χ3n) is 6.25. The van der Waals surface area contributed by atoms with E-state index in [1.807, 2.05) is 49.4 Å². The van der Waals surface area contributed by atoms with Gasteiger partial charge in [-0.25, -0.2) is 0 Å². The fourth-order valence-corrected chi connectivity index (χ4v) is 5.15. The molecule has 1 spiro atoms. The molecule has 0 saturated heterocycles. The molecule has 0 amide bonds. The SMILES string of the molecule is CCOc1ccc(C(=O)CC2c3cc(Br)ccc3OC(=O)C23CCCCC3)cc1. The molecule has 0 radical (unpaired) electrons. The van der Waals surface area contributed by atoms with Crippen LogP contribution in [-0.4, -0.2) is 18.4 Å². The molecule has 1 aliphatic heterocycles. The van der Waals surface area contributed by atoms with Gasteiger partial charge >= 0.3 is 5.97 Å². The molecule has 152 valence electrons. The summed E-state index contributed by atoms with van der Waals surface area (Å²) in [6.07, 6.45) is 4.96. The smallest absolute Gasteiger partial charge is 0.318 e. The maximum absolute atomic E-state index is 13.2. The quantitative estimate of drug-likeness (QED) is 0.311. The standard InChI is InChI=1S/C24H25BrO4/c1-2-28-18-9-6-16(7-10-18)21(26)15-20-19-14-17(25)8-11-22(19)29-23(27)24(20)12-4-3-5-13-24/h6-11,14,20H,2-5,12-13,15H2,1H3. The molecular formula is C24H25BrO4. The lowest BCUT2D eigenvalue weighted by Crippen LogP contribution is -2.45. The number of carbonyl (C=O) groups excluding carboxylic acids is 2. The Morgan fingerprint density at radius 1 is 1.14 bits per heavy atom. The normalized spacial score (nSPS) is 20.1. The summed E-state index contributed by atoms with van der Waals surface area (Å²) in [5.74, 6) is 1.04. The Balaban J connectivity index is 1.69. The van der Waals surface area contributed by atoms with Gasteiger partial charge in [0.2, 0.25) is 0 Å². The van der Waals surface area contributed by atoms with Crippen LogP contribution in [0.25, 0.3) is 0 Å². The Hall–Kier alpha value is -2.14. The number of esters is 1. The van der Waals surface area contributed by atoms with E-state index in [1.165, 1.54) is 0 Å². The van der Waals surface area contributed by atoms with Crippen molar-refractivity contribution in [1.29, 1.82) is 0 Å². The highest BCUT2D eigenvalue weighted by Gasteiger charge is 2.52. The number of ether oxygens (including phenoxy) is 2. The van der Waals surface area contributed by atoms with Crippen LogP contribution in [0.4, 0.5) is 0 Å². The topological polar surface area (TPSA) is 52.6 Å². The average Bonchev–Trinajstić information content (AvgIpc) is 2.73. The number of carbonyl (C=O) groups is 2. The molecule has 2 aromatic carbocycles. The summed E-state index contributed by atoms with van der Waals surface area (Å²) in [6.45, 7) is 2.52. The van der Waals surface area contributed by atoms with Crippen LogP contribution in [0.5, 0.6) is 11.5 Å². The second-order valence-electron chi connectivity index (χ2n) is 7.93. The zero-order valence-corrected chi connectivity index (χ0v) is 18.2. The molecule has 1 saturated carbocycles. The van der Waals surface area contributed by atoms with E-state index in [0.717, 1.165) is 47.9 Å². The zero-order valence-electron chi connectivity index (χ0n) is 16.6.